The zero-order valence-corrected chi connectivity index (χ0v) is 10.9. The molecule has 2 aromatic rings. The Morgan fingerprint density at radius 1 is 1.32 bits per heavy atom. The van der Waals surface area contributed by atoms with Crippen molar-refractivity contribution < 1.29 is 9.26 Å². The second kappa shape index (κ2) is 4.66. The van der Waals surface area contributed by atoms with Gasteiger partial charge in [0.2, 0.25) is 0 Å². The molecule has 1 aromatic heterocycles. The maximum absolute atomic E-state index is 6.16. The monoisotopic (exact) mass is 259 g/mol. The maximum atomic E-state index is 6.16. The second-order valence-electron chi connectivity index (χ2n) is 5.04. The van der Waals surface area contributed by atoms with Gasteiger partial charge in [0.15, 0.2) is 11.9 Å². The number of hydrogen-bond acceptors (Lipinski definition) is 5. The topological polar surface area (TPSA) is 74.2 Å². The van der Waals surface area contributed by atoms with Crippen molar-refractivity contribution >= 4 is 0 Å². The fourth-order valence-corrected chi connectivity index (χ4v) is 2.14. The highest BCUT2D eigenvalue weighted by Crippen LogP contribution is 2.37. The van der Waals surface area contributed by atoms with Crippen molar-refractivity contribution in [2.24, 2.45) is 5.73 Å². The van der Waals surface area contributed by atoms with Crippen LogP contribution in [-0.2, 0) is 5.54 Å². The standard InChI is InChI=1S/C14H17N3O2/c1-10(18-11-6-3-2-4-7-11)12-16-13(17-19-12)14(15)8-5-9-14/h2-4,6-7,10H,5,8-9,15H2,1H3. The summed E-state index contributed by atoms with van der Waals surface area (Å²) in [4.78, 5) is 4.37. The van der Waals surface area contributed by atoms with Gasteiger partial charge in [0.1, 0.15) is 5.75 Å². The molecule has 1 fully saturated rings. The first-order valence-electron chi connectivity index (χ1n) is 6.52. The molecule has 5 heteroatoms. The number of para-hydroxylation sites is 1. The molecule has 1 heterocycles. The summed E-state index contributed by atoms with van der Waals surface area (Å²) < 4.78 is 11.0. The quantitative estimate of drug-likeness (QED) is 0.913. The molecule has 1 aliphatic rings. The van der Waals surface area contributed by atoms with E-state index >= 15 is 0 Å². The van der Waals surface area contributed by atoms with E-state index in [1.165, 1.54) is 0 Å². The SMILES string of the molecule is CC(Oc1ccccc1)c1nc(C2(N)CCC2)no1. The summed E-state index contributed by atoms with van der Waals surface area (Å²) in [6.45, 7) is 1.88. The van der Waals surface area contributed by atoms with Gasteiger partial charge in [-0.1, -0.05) is 23.4 Å². The number of nitrogens with two attached hydrogens (primary N) is 1. The lowest BCUT2D eigenvalue weighted by atomic mass is 9.77. The van der Waals surface area contributed by atoms with E-state index in [-0.39, 0.29) is 6.10 Å². The Bertz CT molecular complexity index is 549. The van der Waals surface area contributed by atoms with Crippen LogP contribution in [0.1, 0.15) is 44.0 Å². The lowest BCUT2D eigenvalue weighted by Gasteiger charge is -2.34. The van der Waals surface area contributed by atoms with Crippen molar-refractivity contribution in [1.29, 1.82) is 0 Å². The number of benzene rings is 1. The van der Waals surface area contributed by atoms with Gasteiger partial charge >= 0.3 is 0 Å². The van der Waals surface area contributed by atoms with Gasteiger partial charge in [-0.3, -0.25) is 0 Å². The van der Waals surface area contributed by atoms with Gasteiger partial charge in [-0.2, -0.15) is 4.98 Å². The van der Waals surface area contributed by atoms with Crippen LogP contribution in [0.4, 0.5) is 0 Å². The molecule has 3 rings (SSSR count). The molecule has 19 heavy (non-hydrogen) atoms. The van der Waals surface area contributed by atoms with E-state index in [4.69, 9.17) is 15.0 Å². The van der Waals surface area contributed by atoms with E-state index < -0.39 is 5.54 Å². The number of hydrogen-bond donors (Lipinski definition) is 1. The summed E-state index contributed by atoms with van der Waals surface area (Å²) in [5.41, 5.74) is 5.77. The van der Waals surface area contributed by atoms with E-state index in [1.807, 2.05) is 37.3 Å². The minimum Gasteiger partial charge on any atom is -0.481 e. The van der Waals surface area contributed by atoms with E-state index in [2.05, 4.69) is 10.1 Å². The molecule has 1 unspecified atom stereocenters. The first-order valence-corrected chi connectivity index (χ1v) is 6.52. The Kier molecular flexibility index (Phi) is 2.98. The van der Waals surface area contributed by atoms with Crippen molar-refractivity contribution in [3.05, 3.63) is 42.0 Å². The maximum Gasteiger partial charge on any atom is 0.267 e. The van der Waals surface area contributed by atoms with Crippen LogP contribution in [0.25, 0.3) is 0 Å². The average Bonchev–Trinajstić information content (AvgIpc) is 2.87. The molecule has 2 N–H and O–H groups in total. The van der Waals surface area contributed by atoms with Crippen LogP contribution in [0.5, 0.6) is 5.75 Å². The molecular formula is C14H17N3O2. The lowest BCUT2D eigenvalue weighted by Crippen LogP contribution is -2.44. The molecule has 1 aliphatic carbocycles. The van der Waals surface area contributed by atoms with Gasteiger partial charge in [-0.05, 0) is 38.3 Å². The zero-order valence-electron chi connectivity index (χ0n) is 10.9. The molecule has 100 valence electrons. The smallest absolute Gasteiger partial charge is 0.267 e. The zero-order chi connectivity index (χ0) is 13.3. The van der Waals surface area contributed by atoms with Crippen LogP contribution in [-0.4, -0.2) is 10.1 Å². The Morgan fingerprint density at radius 3 is 2.68 bits per heavy atom. The molecule has 0 bridgehead atoms. The Hall–Kier alpha value is -1.88. The molecule has 0 amide bonds. The Labute approximate surface area is 111 Å². The molecular weight excluding hydrogens is 242 g/mol. The third kappa shape index (κ3) is 2.33. The van der Waals surface area contributed by atoms with Crippen molar-refractivity contribution in [2.75, 3.05) is 0 Å². The summed E-state index contributed by atoms with van der Waals surface area (Å²) in [7, 11) is 0. The van der Waals surface area contributed by atoms with Crippen LogP contribution in [0, 0.1) is 0 Å². The first kappa shape index (κ1) is 12.2. The largest absolute Gasteiger partial charge is 0.481 e. The highest BCUT2D eigenvalue weighted by molar-refractivity contribution is 5.21. The molecule has 1 atom stereocenters. The molecule has 1 saturated carbocycles. The molecule has 0 saturated heterocycles. The van der Waals surface area contributed by atoms with E-state index in [0.717, 1.165) is 25.0 Å². The van der Waals surface area contributed by atoms with Crippen molar-refractivity contribution in [2.45, 2.75) is 37.8 Å². The fraction of sp³-hybridized carbons (Fsp3) is 0.429. The lowest BCUT2D eigenvalue weighted by molar-refractivity contribution is 0.174. The highest BCUT2D eigenvalue weighted by atomic mass is 16.5. The predicted octanol–water partition coefficient (Wildman–Crippen LogP) is 2.55. The van der Waals surface area contributed by atoms with E-state index in [1.54, 1.807) is 0 Å². The van der Waals surface area contributed by atoms with E-state index in [9.17, 15) is 0 Å². The van der Waals surface area contributed by atoms with Crippen LogP contribution in [0.3, 0.4) is 0 Å². The van der Waals surface area contributed by atoms with Crippen molar-refractivity contribution in [3.63, 3.8) is 0 Å². The van der Waals surface area contributed by atoms with Crippen LogP contribution >= 0.6 is 0 Å². The van der Waals surface area contributed by atoms with Crippen molar-refractivity contribution in [3.8, 4) is 5.75 Å². The third-order valence-corrected chi connectivity index (χ3v) is 3.54. The van der Waals surface area contributed by atoms with Crippen LogP contribution < -0.4 is 10.5 Å². The number of rotatable bonds is 4. The van der Waals surface area contributed by atoms with Gasteiger partial charge in [-0.15, -0.1) is 0 Å². The number of aromatic nitrogens is 2. The fourth-order valence-electron chi connectivity index (χ4n) is 2.14. The van der Waals surface area contributed by atoms with Gasteiger partial charge in [0.25, 0.3) is 5.89 Å². The summed E-state index contributed by atoms with van der Waals surface area (Å²) >= 11 is 0. The van der Waals surface area contributed by atoms with Crippen molar-refractivity contribution in [1.82, 2.24) is 10.1 Å². The predicted molar refractivity (Wildman–Crippen MR) is 69.5 cm³/mol. The van der Waals surface area contributed by atoms with Crippen LogP contribution in [0.2, 0.25) is 0 Å². The molecule has 0 aliphatic heterocycles. The minimum absolute atomic E-state index is 0.285. The molecule has 0 spiro atoms. The second-order valence-corrected chi connectivity index (χ2v) is 5.04. The first-order chi connectivity index (χ1) is 9.17. The Balaban J connectivity index is 1.72. The number of ether oxygens (including phenoxy) is 1. The normalized spacial score (nSPS) is 18.6. The average molecular weight is 259 g/mol. The van der Waals surface area contributed by atoms with Gasteiger partial charge < -0.3 is 15.0 Å². The molecule has 5 nitrogen and oxygen atoms in total. The van der Waals surface area contributed by atoms with Gasteiger partial charge in [-0.25, -0.2) is 0 Å². The molecule has 1 aromatic carbocycles. The van der Waals surface area contributed by atoms with E-state index in [0.29, 0.717) is 11.7 Å². The summed E-state index contributed by atoms with van der Waals surface area (Å²) in [6.07, 6.45) is 2.67. The third-order valence-electron chi connectivity index (χ3n) is 3.54. The number of nitrogens with zero attached hydrogens (tertiary/aromatic N) is 2. The summed E-state index contributed by atoms with van der Waals surface area (Å²) in [6, 6.07) is 9.57. The van der Waals surface area contributed by atoms with Crippen LogP contribution in [0.15, 0.2) is 34.9 Å². The Morgan fingerprint density at radius 2 is 2.05 bits per heavy atom. The summed E-state index contributed by atoms with van der Waals surface area (Å²) in [5.74, 6) is 1.84. The van der Waals surface area contributed by atoms with Gasteiger partial charge in [0, 0.05) is 0 Å². The van der Waals surface area contributed by atoms with Gasteiger partial charge in [0.05, 0.1) is 5.54 Å². The summed E-state index contributed by atoms with van der Waals surface area (Å²) in [5, 5.41) is 3.98. The molecule has 0 radical (unpaired) electrons. The minimum atomic E-state index is -0.395. The highest BCUT2D eigenvalue weighted by Gasteiger charge is 2.39.